The molecule has 2 N–H and O–H groups in total. The van der Waals surface area contributed by atoms with Gasteiger partial charge in [-0.05, 0) is 54.0 Å². The number of hydrogen-bond donors (Lipinski definition) is 1. The molecule has 1 aliphatic heterocycles. The zero-order valence-corrected chi connectivity index (χ0v) is 12.4. The Hall–Kier alpha value is -0.980. The van der Waals surface area contributed by atoms with Gasteiger partial charge in [-0.2, -0.15) is 5.10 Å². The lowest BCUT2D eigenvalue weighted by Crippen LogP contribution is -2.36. The van der Waals surface area contributed by atoms with Gasteiger partial charge in [0.1, 0.15) is 0 Å². The molecule has 6 heteroatoms. The van der Waals surface area contributed by atoms with Gasteiger partial charge in [-0.1, -0.05) is 0 Å². The first kappa shape index (κ1) is 13.0. The van der Waals surface area contributed by atoms with Crippen LogP contribution in [0.2, 0.25) is 0 Å². The van der Waals surface area contributed by atoms with Gasteiger partial charge >= 0.3 is 0 Å². The molecule has 2 aromatic rings. The van der Waals surface area contributed by atoms with E-state index in [1.54, 1.807) is 0 Å². The smallest absolute Gasteiger partial charge is 0.155 e. The summed E-state index contributed by atoms with van der Waals surface area (Å²) in [5.74, 6) is 1.46. The molecule has 1 aliphatic rings. The number of hydrogen-bond acceptors (Lipinski definition) is 4. The number of pyridine rings is 1. The Balaban J connectivity index is 1.74. The minimum Gasteiger partial charge on any atom is -0.329 e. The molecule has 0 aromatic carbocycles. The first-order valence-electron chi connectivity index (χ1n) is 6.70. The van der Waals surface area contributed by atoms with E-state index in [1.807, 2.05) is 22.8 Å². The Morgan fingerprint density at radius 3 is 2.84 bits per heavy atom. The molecule has 1 fully saturated rings. The van der Waals surface area contributed by atoms with E-state index in [4.69, 9.17) is 5.73 Å². The van der Waals surface area contributed by atoms with Crippen molar-refractivity contribution in [2.24, 2.45) is 5.73 Å². The Labute approximate surface area is 120 Å². The van der Waals surface area contributed by atoms with Crippen LogP contribution in [0.15, 0.2) is 22.8 Å². The van der Waals surface area contributed by atoms with Crippen molar-refractivity contribution >= 4 is 21.6 Å². The van der Waals surface area contributed by atoms with Crippen LogP contribution >= 0.6 is 15.9 Å². The molecule has 0 saturated carbocycles. The summed E-state index contributed by atoms with van der Waals surface area (Å²) in [6, 6.07) is 3.99. The molecular weight excluding hydrogens is 306 g/mol. The van der Waals surface area contributed by atoms with Crippen LogP contribution in [-0.2, 0) is 0 Å². The lowest BCUT2D eigenvalue weighted by atomic mass is 9.96. The first-order chi connectivity index (χ1) is 9.26. The molecule has 0 spiro atoms. The first-order valence-corrected chi connectivity index (χ1v) is 7.50. The molecule has 5 nitrogen and oxygen atoms in total. The summed E-state index contributed by atoms with van der Waals surface area (Å²) in [7, 11) is 0. The molecule has 0 amide bonds. The normalized spacial score (nSPS) is 18.2. The largest absolute Gasteiger partial charge is 0.329 e. The molecule has 0 radical (unpaired) electrons. The minimum atomic E-state index is 0.479. The highest BCUT2D eigenvalue weighted by molar-refractivity contribution is 9.10. The third-order valence-corrected chi connectivity index (χ3v) is 4.18. The summed E-state index contributed by atoms with van der Waals surface area (Å²) in [5.41, 5.74) is 6.52. The second kappa shape index (κ2) is 5.56. The van der Waals surface area contributed by atoms with E-state index in [0.29, 0.717) is 5.92 Å². The highest BCUT2D eigenvalue weighted by atomic mass is 79.9. The number of piperidine rings is 1. The van der Waals surface area contributed by atoms with Gasteiger partial charge in [0.05, 0.1) is 0 Å². The van der Waals surface area contributed by atoms with Gasteiger partial charge in [0, 0.05) is 29.7 Å². The Kier molecular flexibility index (Phi) is 3.81. The minimum absolute atomic E-state index is 0.479. The number of nitrogens with two attached hydrogens (primary N) is 1. The summed E-state index contributed by atoms with van der Waals surface area (Å²) in [6.07, 6.45) is 4.20. The summed E-state index contributed by atoms with van der Waals surface area (Å²) in [5, 5.41) is 4.60. The molecule has 1 saturated heterocycles. The fourth-order valence-electron chi connectivity index (χ4n) is 2.65. The zero-order chi connectivity index (χ0) is 13.2. The van der Waals surface area contributed by atoms with Gasteiger partial charge in [0.15, 0.2) is 11.5 Å². The lowest BCUT2D eigenvalue weighted by Gasteiger charge is -2.30. The number of aromatic nitrogens is 3. The van der Waals surface area contributed by atoms with Crippen molar-refractivity contribution in [1.82, 2.24) is 19.5 Å². The van der Waals surface area contributed by atoms with Crippen molar-refractivity contribution in [3.63, 3.8) is 0 Å². The van der Waals surface area contributed by atoms with E-state index in [1.165, 1.54) is 0 Å². The maximum absolute atomic E-state index is 5.60. The standard InChI is InChI=1S/C13H18BrN5/c14-11-1-2-12-16-13(17-19(12)9-11)10-3-6-18(7-4-10)8-5-15/h1-2,9-10H,3-8,15H2. The molecule has 2 aromatic heterocycles. The van der Waals surface area contributed by atoms with Crippen LogP contribution in [0.4, 0.5) is 0 Å². The third-order valence-electron chi connectivity index (χ3n) is 3.71. The molecule has 0 unspecified atom stereocenters. The summed E-state index contributed by atoms with van der Waals surface area (Å²) >= 11 is 3.46. The Bertz CT molecular complexity index is 559. The molecular formula is C13H18BrN5. The van der Waals surface area contributed by atoms with Gasteiger partial charge in [-0.25, -0.2) is 9.50 Å². The second-order valence-corrected chi connectivity index (χ2v) is 5.94. The Morgan fingerprint density at radius 2 is 2.11 bits per heavy atom. The SMILES string of the molecule is NCCN1CCC(c2nc3ccc(Br)cn3n2)CC1. The number of halogens is 1. The van der Waals surface area contributed by atoms with Gasteiger partial charge < -0.3 is 10.6 Å². The third kappa shape index (κ3) is 2.80. The quantitative estimate of drug-likeness (QED) is 0.932. The number of likely N-dealkylation sites (tertiary alicyclic amines) is 1. The van der Waals surface area contributed by atoms with Crippen LogP contribution in [0.25, 0.3) is 5.65 Å². The van der Waals surface area contributed by atoms with Gasteiger partial charge in [-0.3, -0.25) is 0 Å². The summed E-state index contributed by atoms with van der Waals surface area (Å²) in [4.78, 5) is 7.06. The zero-order valence-electron chi connectivity index (χ0n) is 10.8. The predicted octanol–water partition coefficient (Wildman–Crippen LogP) is 1.63. The number of nitrogens with zero attached hydrogens (tertiary/aromatic N) is 4. The maximum Gasteiger partial charge on any atom is 0.155 e. The Morgan fingerprint density at radius 1 is 1.32 bits per heavy atom. The molecule has 0 aliphatic carbocycles. The van der Waals surface area contributed by atoms with E-state index in [-0.39, 0.29) is 0 Å². The van der Waals surface area contributed by atoms with E-state index in [2.05, 4.69) is 30.9 Å². The number of rotatable bonds is 3. The van der Waals surface area contributed by atoms with Crippen molar-refractivity contribution in [2.45, 2.75) is 18.8 Å². The van der Waals surface area contributed by atoms with Gasteiger partial charge in [-0.15, -0.1) is 0 Å². The van der Waals surface area contributed by atoms with Crippen molar-refractivity contribution < 1.29 is 0 Å². The molecule has 102 valence electrons. The van der Waals surface area contributed by atoms with E-state index in [9.17, 15) is 0 Å². The van der Waals surface area contributed by atoms with Crippen LogP contribution in [0.1, 0.15) is 24.6 Å². The average molecular weight is 324 g/mol. The molecule has 0 bridgehead atoms. The highest BCUT2D eigenvalue weighted by Gasteiger charge is 2.23. The van der Waals surface area contributed by atoms with Crippen LogP contribution in [0.5, 0.6) is 0 Å². The van der Waals surface area contributed by atoms with Gasteiger partial charge in [0.2, 0.25) is 0 Å². The van der Waals surface area contributed by atoms with E-state index < -0.39 is 0 Å². The van der Waals surface area contributed by atoms with Crippen LogP contribution in [-0.4, -0.2) is 45.7 Å². The van der Waals surface area contributed by atoms with Crippen molar-refractivity contribution in [1.29, 1.82) is 0 Å². The van der Waals surface area contributed by atoms with E-state index in [0.717, 1.165) is 55.0 Å². The molecule has 19 heavy (non-hydrogen) atoms. The van der Waals surface area contributed by atoms with Gasteiger partial charge in [0.25, 0.3) is 0 Å². The van der Waals surface area contributed by atoms with Crippen LogP contribution < -0.4 is 5.73 Å². The van der Waals surface area contributed by atoms with Crippen molar-refractivity contribution in [3.8, 4) is 0 Å². The van der Waals surface area contributed by atoms with Crippen LogP contribution in [0, 0.1) is 0 Å². The number of fused-ring (bicyclic) bond motifs is 1. The second-order valence-electron chi connectivity index (χ2n) is 5.02. The topological polar surface area (TPSA) is 59.5 Å². The average Bonchev–Trinajstić information content (AvgIpc) is 2.83. The van der Waals surface area contributed by atoms with Crippen molar-refractivity contribution in [3.05, 3.63) is 28.6 Å². The lowest BCUT2D eigenvalue weighted by molar-refractivity contribution is 0.214. The summed E-state index contributed by atoms with van der Waals surface area (Å²) < 4.78 is 2.88. The maximum atomic E-state index is 5.60. The fraction of sp³-hybridized carbons (Fsp3) is 0.538. The van der Waals surface area contributed by atoms with Crippen molar-refractivity contribution in [2.75, 3.05) is 26.2 Å². The van der Waals surface area contributed by atoms with E-state index >= 15 is 0 Å². The summed E-state index contributed by atoms with van der Waals surface area (Å²) in [6.45, 7) is 3.94. The predicted molar refractivity (Wildman–Crippen MR) is 78.2 cm³/mol. The fourth-order valence-corrected chi connectivity index (χ4v) is 2.97. The molecule has 3 heterocycles. The monoisotopic (exact) mass is 323 g/mol. The highest BCUT2D eigenvalue weighted by Crippen LogP contribution is 2.26. The van der Waals surface area contributed by atoms with Crippen LogP contribution in [0.3, 0.4) is 0 Å². The molecule has 0 atom stereocenters. The molecule has 3 rings (SSSR count).